The molecule has 6 nitrogen and oxygen atoms in total. The summed E-state index contributed by atoms with van der Waals surface area (Å²) in [7, 11) is 0. The fourth-order valence-corrected chi connectivity index (χ4v) is 3.37. The molecular formula is C15H17N3O3S. The number of nitro groups is 1. The van der Waals surface area contributed by atoms with Gasteiger partial charge in [-0.3, -0.25) is 19.5 Å². The lowest BCUT2D eigenvalue weighted by atomic mass is 9.89. The molecule has 22 heavy (non-hydrogen) atoms. The van der Waals surface area contributed by atoms with E-state index in [9.17, 15) is 14.9 Å². The van der Waals surface area contributed by atoms with E-state index in [4.69, 9.17) is 0 Å². The molecular weight excluding hydrogens is 302 g/mol. The Morgan fingerprint density at radius 1 is 1.45 bits per heavy atom. The molecule has 1 aromatic heterocycles. The molecule has 2 rings (SSSR count). The molecule has 0 unspecified atom stereocenters. The van der Waals surface area contributed by atoms with Gasteiger partial charge in [0, 0.05) is 34.8 Å². The number of benzene rings is 1. The summed E-state index contributed by atoms with van der Waals surface area (Å²) in [6.07, 6.45) is 4.79. The third kappa shape index (κ3) is 3.73. The highest BCUT2D eigenvalue weighted by atomic mass is 32.2. The third-order valence-electron chi connectivity index (χ3n) is 3.41. The van der Waals surface area contributed by atoms with E-state index in [1.807, 2.05) is 19.9 Å². The van der Waals surface area contributed by atoms with Gasteiger partial charge in [-0.2, -0.15) is 0 Å². The van der Waals surface area contributed by atoms with Crippen molar-refractivity contribution in [3.63, 3.8) is 0 Å². The van der Waals surface area contributed by atoms with Crippen LogP contribution in [0.3, 0.4) is 0 Å². The highest BCUT2D eigenvalue weighted by Crippen LogP contribution is 2.30. The zero-order valence-corrected chi connectivity index (χ0v) is 13.2. The molecule has 0 saturated carbocycles. The number of rotatable bonds is 7. The van der Waals surface area contributed by atoms with Crippen molar-refractivity contribution in [2.24, 2.45) is 0 Å². The van der Waals surface area contributed by atoms with Crippen molar-refractivity contribution in [3.8, 4) is 0 Å². The molecule has 0 N–H and O–H groups in total. The zero-order chi connectivity index (χ0) is 16.2. The molecule has 0 saturated heterocycles. The molecule has 7 heteroatoms. The second-order valence-corrected chi connectivity index (χ2v) is 6.67. The largest absolute Gasteiger partial charge is 0.278 e. The lowest BCUT2D eigenvalue weighted by molar-refractivity contribution is -0.385. The van der Waals surface area contributed by atoms with E-state index in [0.717, 1.165) is 29.3 Å². The fourth-order valence-electron chi connectivity index (χ4n) is 2.15. The van der Waals surface area contributed by atoms with Crippen molar-refractivity contribution in [3.05, 3.63) is 52.6 Å². The number of aromatic nitrogens is 2. The standard InChI is InChI=1S/C15H17N3O3S/c1-15(2,14-16-7-8-17(14)11-19)6-9-22-13-5-3-4-12(10-13)18(20)21/h3-5,7-8,10-11H,6,9H2,1-2H3. The third-order valence-corrected chi connectivity index (χ3v) is 4.41. The quantitative estimate of drug-likeness (QED) is 0.339. The average Bonchev–Trinajstić information content (AvgIpc) is 2.97. The summed E-state index contributed by atoms with van der Waals surface area (Å²) >= 11 is 1.56. The number of non-ortho nitro benzene ring substituents is 1. The molecule has 0 aliphatic carbocycles. The first-order valence-corrected chi connectivity index (χ1v) is 7.78. The van der Waals surface area contributed by atoms with E-state index >= 15 is 0 Å². The minimum absolute atomic E-state index is 0.0979. The van der Waals surface area contributed by atoms with Crippen LogP contribution in [-0.4, -0.2) is 26.6 Å². The SMILES string of the molecule is CC(C)(CCSc1cccc([N+](=O)[O-])c1)c1nccn1C=O. The van der Waals surface area contributed by atoms with Gasteiger partial charge < -0.3 is 0 Å². The predicted molar refractivity (Wildman–Crippen MR) is 85.8 cm³/mol. The number of hydrogen-bond donors (Lipinski definition) is 0. The lowest BCUT2D eigenvalue weighted by Crippen LogP contribution is -2.23. The van der Waals surface area contributed by atoms with Crippen molar-refractivity contribution in [2.75, 3.05) is 5.75 Å². The van der Waals surface area contributed by atoms with E-state index in [-0.39, 0.29) is 11.1 Å². The molecule has 0 aliphatic heterocycles. The first-order chi connectivity index (χ1) is 10.4. The van der Waals surface area contributed by atoms with Crippen LogP contribution >= 0.6 is 11.8 Å². The number of carbonyl (C=O) groups excluding carboxylic acids is 1. The molecule has 0 bridgehead atoms. The average molecular weight is 319 g/mol. The van der Waals surface area contributed by atoms with Crippen molar-refractivity contribution in [1.82, 2.24) is 9.55 Å². The summed E-state index contributed by atoms with van der Waals surface area (Å²) in [5.41, 5.74) is -0.154. The van der Waals surface area contributed by atoms with Crippen molar-refractivity contribution >= 4 is 23.9 Å². The molecule has 1 heterocycles. The van der Waals surface area contributed by atoms with Crippen molar-refractivity contribution < 1.29 is 9.72 Å². The Kier molecular flexibility index (Phi) is 4.97. The minimum atomic E-state index is -0.394. The topological polar surface area (TPSA) is 78.0 Å². The maximum atomic E-state index is 11.0. The first kappa shape index (κ1) is 16.2. The Morgan fingerprint density at radius 3 is 2.91 bits per heavy atom. The highest BCUT2D eigenvalue weighted by molar-refractivity contribution is 7.99. The van der Waals surface area contributed by atoms with Gasteiger partial charge in [0.2, 0.25) is 6.41 Å². The van der Waals surface area contributed by atoms with Gasteiger partial charge in [-0.25, -0.2) is 4.98 Å². The number of carbonyl (C=O) groups is 1. The maximum Gasteiger partial charge on any atom is 0.270 e. The number of hydrogen-bond acceptors (Lipinski definition) is 5. The predicted octanol–water partition coefficient (Wildman–Crippen LogP) is 3.29. The van der Waals surface area contributed by atoms with Crippen LogP contribution in [-0.2, 0) is 10.2 Å². The van der Waals surface area contributed by atoms with Crippen LogP contribution in [0.1, 0.15) is 26.1 Å². The Bertz CT molecular complexity index is 682. The lowest BCUT2D eigenvalue weighted by Gasteiger charge is -2.23. The van der Waals surface area contributed by atoms with Gasteiger partial charge in [0.1, 0.15) is 5.82 Å². The van der Waals surface area contributed by atoms with Crippen molar-refractivity contribution in [2.45, 2.75) is 30.6 Å². The van der Waals surface area contributed by atoms with Crippen LogP contribution in [0.15, 0.2) is 41.6 Å². The van der Waals surface area contributed by atoms with Gasteiger partial charge in [0.25, 0.3) is 5.69 Å². The van der Waals surface area contributed by atoms with Crippen LogP contribution in [0.5, 0.6) is 0 Å². The Hall–Kier alpha value is -2.15. The summed E-state index contributed by atoms with van der Waals surface area (Å²) < 4.78 is 1.48. The van der Waals surface area contributed by atoms with E-state index < -0.39 is 4.92 Å². The van der Waals surface area contributed by atoms with Crippen LogP contribution in [0.25, 0.3) is 0 Å². The van der Waals surface area contributed by atoms with Crippen LogP contribution < -0.4 is 0 Å². The van der Waals surface area contributed by atoms with Gasteiger partial charge in [-0.1, -0.05) is 19.9 Å². The van der Waals surface area contributed by atoms with E-state index in [1.165, 1.54) is 10.6 Å². The van der Waals surface area contributed by atoms with Gasteiger partial charge in [-0.05, 0) is 18.2 Å². The van der Waals surface area contributed by atoms with E-state index in [1.54, 1.807) is 36.3 Å². The van der Waals surface area contributed by atoms with Crippen LogP contribution in [0.4, 0.5) is 5.69 Å². The number of imidazole rings is 1. The molecule has 0 radical (unpaired) electrons. The molecule has 0 fully saturated rings. The normalized spacial score (nSPS) is 11.4. The van der Waals surface area contributed by atoms with E-state index in [2.05, 4.69) is 4.98 Å². The van der Waals surface area contributed by atoms with Gasteiger partial charge in [0.05, 0.1) is 4.92 Å². The minimum Gasteiger partial charge on any atom is -0.278 e. The summed E-state index contributed by atoms with van der Waals surface area (Å²) in [6, 6.07) is 6.60. The fraction of sp³-hybridized carbons (Fsp3) is 0.333. The van der Waals surface area contributed by atoms with Gasteiger partial charge in [-0.15, -0.1) is 11.8 Å². The molecule has 116 valence electrons. The second kappa shape index (κ2) is 6.74. The zero-order valence-electron chi connectivity index (χ0n) is 12.4. The summed E-state index contributed by atoms with van der Waals surface area (Å²) in [5, 5.41) is 10.8. The number of nitro benzene ring substituents is 1. The molecule has 0 amide bonds. The number of nitrogens with zero attached hydrogens (tertiary/aromatic N) is 3. The van der Waals surface area contributed by atoms with Crippen LogP contribution in [0.2, 0.25) is 0 Å². The smallest absolute Gasteiger partial charge is 0.270 e. The molecule has 2 aromatic rings. The Labute approximate surface area is 132 Å². The molecule has 0 aliphatic rings. The van der Waals surface area contributed by atoms with Crippen molar-refractivity contribution in [1.29, 1.82) is 0 Å². The molecule has 0 atom stereocenters. The summed E-state index contributed by atoms with van der Waals surface area (Å²) in [5.74, 6) is 1.50. The molecule has 1 aromatic carbocycles. The Morgan fingerprint density at radius 2 is 2.23 bits per heavy atom. The maximum absolute atomic E-state index is 11.0. The monoisotopic (exact) mass is 319 g/mol. The summed E-state index contributed by atoms with van der Waals surface area (Å²) in [6.45, 7) is 4.06. The highest BCUT2D eigenvalue weighted by Gasteiger charge is 2.25. The second-order valence-electron chi connectivity index (χ2n) is 5.50. The van der Waals surface area contributed by atoms with E-state index in [0.29, 0.717) is 0 Å². The first-order valence-electron chi connectivity index (χ1n) is 6.80. The number of thioether (sulfide) groups is 1. The Balaban J connectivity index is 1.99. The van der Waals surface area contributed by atoms with Gasteiger partial charge >= 0.3 is 0 Å². The summed E-state index contributed by atoms with van der Waals surface area (Å²) in [4.78, 5) is 26.5. The van der Waals surface area contributed by atoms with Crippen LogP contribution in [0, 0.1) is 10.1 Å². The molecule has 0 spiro atoms. The van der Waals surface area contributed by atoms with Gasteiger partial charge in [0.15, 0.2) is 0 Å².